The third-order valence-corrected chi connectivity index (χ3v) is 5.35. The molecule has 0 atom stereocenters. The number of benzene rings is 2. The van der Waals surface area contributed by atoms with Gasteiger partial charge in [0.05, 0.1) is 18.8 Å². The van der Waals surface area contributed by atoms with Gasteiger partial charge in [-0.05, 0) is 57.4 Å². The van der Waals surface area contributed by atoms with Gasteiger partial charge in [0, 0.05) is 24.3 Å². The molecule has 0 saturated carbocycles. The summed E-state index contributed by atoms with van der Waals surface area (Å²) in [7, 11) is 0. The zero-order valence-electron chi connectivity index (χ0n) is 17.7. The summed E-state index contributed by atoms with van der Waals surface area (Å²) >= 11 is 0. The van der Waals surface area contributed by atoms with Gasteiger partial charge in [0.1, 0.15) is 0 Å². The van der Waals surface area contributed by atoms with E-state index >= 15 is 0 Å². The second-order valence-corrected chi connectivity index (χ2v) is 7.78. The van der Waals surface area contributed by atoms with E-state index in [1.165, 1.54) is 6.92 Å². The van der Waals surface area contributed by atoms with Gasteiger partial charge in [0.2, 0.25) is 11.8 Å². The van der Waals surface area contributed by atoms with Crippen molar-refractivity contribution in [1.82, 2.24) is 4.90 Å². The summed E-state index contributed by atoms with van der Waals surface area (Å²) in [5.74, 6) is -0.343. The summed E-state index contributed by atoms with van der Waals surface area (Å²) < 4.78 is 0. The van der Waals surface area contributed by atoms with Crippen molar-refractivity contribution < 1.29 is 14.4 Å². The number of likely N-dealkylation sites (tertiary alicyclic amines) is 1. The average molecular weight is 408 g/mol. The lowest BCUT2D eigenvalue weighted by atomic mass is 10.1. The van der Waals surface area contributed by atoms with E-state index < -0.39 is 0 Å². The predicted molar refractivity (Wildman–Crippen MR) is 119 cm³/mol. The molecule has 30 heavy (non-hydrogen) atoms. The number of hydrogen-bond donors (Lipinski definition) is 1. The second kappa shape index (κ2) is 10.1. The quantitative estimate of drug-likeness (QED) is 0.711. The van der Waals surface area contributed by atoms with E-state index in [2.05, 4.69) is 5.32 Å². The predicted octanol–water partition coefficient (Wildman–Crippen LogP) is 3.66. The molecule has 0 radical (unpaired) electrons. The molecule has 2 aromatic rings. The Hall–Kier alpha value is -3.15. The zero-order chi connectivity index (χ0) is 21.5. The van der Waals surface area contributed by atoms with Gasteiger partial charge in [0.15, 0.2) is 5.78 Å². The van der Waals surface area contributed by atoms with Crippen LogP contribution in [-0.4, -0.2) is 48.7 Å². The number of aryl methyl sites for hydroxylation is 1. The summed E-state index contributed by atoms with van der Waals surface area (Å²) in [6.45, 7) is 5.19. The summed E-state index contributed by atoms with van der Waals surface area (Å²) in [4.78, 5) is 41.2. The normalized spacial score (nSPS) is 13.6. The zero-order valence-corrected chi connectivity index (χ0v) is 17.7. The summed E-state index contributed by atoms with van der Waals surface area (Å²) in [6.07, 6.45) is 3.21. The van der Waals surface area contributed by atoms with Gasteiger partial charge in [0.25, 0.3) is 0 Å². The van der Waals surface area contributed by atoms with Crippen LogP contribution < -0.4 is 10.2 Å². The van der Waals surface area contributed by atoms with Crippen LogP contribution in [0.15, 0.2) is 48.5 Å². The third kappa shape index (κ3) is 5.69. The summed E-state index contributed by atoms with van der Waals surface area (Å²) in [5.41, 5.74) is 2.89. The number of carbonyl (C=O) groups is 3. The van der Waals surface area contributed by atoms with Crippen LogP contribution in [0.1, 0.15) is 42.1 Å². The Balaban J connectivity index is 1.74. The minimum absolute atomic E-state index is 0.0227. The SMILES string of the molecule is CC(=O)c1ccccc1NC(=O)CN(CC(=O)N1CCCCC1)c1ccc(C)cc1. The number of amides is 2. The fraction of sp³-hybridized carbons (Fsp3) is 0.375. The van der Waals surface area contributed by atoms with Crippen LogP contribution >= 0.6 is 0 Å². The van der Waals surface area contributed by atoms with E-state index in [1.54, 1.807) is 29.2 Å². The molecule has 1 fully saturated rings. The van der Waals surface area contributed by atoms with E-state index in [0.717, 1.165) is 43.6 Å². The van der Waals surface area contributed by atoms with Crippen molar-refractivity contribution >= 4 is 29.0 Å². The molecular weight excluding hydrogens is 378 g/mol. The second-order valence-electron chi connectivity index (χ2n) is 7.78. The average Bonchev–Trinajstić information content (AvgIpc) is 2.74. The van der Waals surface area contributed by atoms with Crippen LogP contribution in [0.3, 0.4) is 0 Å². The maximum absolute atomic E-state index is 12.8. The molecule has 158 valence electrons. The largest absolute Gasteiger partial charge is 0.353 e. The molecule has 6 heteroatoms. The van der Waals surface area contributed by atoms with Crippen molar-refractivity contribution in [2.45, 2.75) is 33.1 Å². The van der Waals surface area contributed by atoms with Gasteiger partial charge >= 0.3 is 0 Å². The molecule has 0 aliphatic carbocycles. The van der Waals surface area contributed by atoms with E-state index in [-0.39, 0.29) is 30.7 Å². The molecule has 3 rings (SSSR count). The molecule has 0 spiro atoms. The number of hydrogen-bond acceptors (Lipinski definition) is 4. The van der Waals surface area contributed by atoms with Crippen LogP contribution in [-0.2, 0) is 9.59 Å². The van der Waals surface area contributed by atoms with Crippen LogP contribution in [0.5, 0.6) is 0 Å². The smallest absolute Gasteiger partial charge is 0.243 e. The number of Topliss-reactive ketones (excluding diaryl/α,β-unsaturated/α-hetero) is 1. The van der Waals surface area contributed by atoms with Crippen molar-refractivity contribution in [3.63, 3.8) is 0 Å². The van der Waals surface area contributed by atoms with E-state index in [1.807, 2.05) is 36.1 Å². The van der Waals surface area contributed by atoms with Gasteiger partial charge in [-0.3, -0.25) is 14.4 Å². The minimum atomic E-state index is -0.268. The van der Waals surface area contributed by atoms with Crippen LogP contribution in [0.4, 0.5) is 11.4 Å². The Morgan fingerprint density at radius 1 is 0.933 bits per heavy atom. The number of piperidine rings is 1. The number of rotatable bonds is 7. The minimum Gasteiger partial charge on any atom is -0.353 e. The number of anilines is 2. The molecule has 1 saturated heterocycles. The van der Waals surface area contributed by atoms with Crippen LogP contribution in [0, 0.1) is 6.92 Å². The Bertz CT molecular complexity index is 902. The number of para-hydroxylation sites is 1. The van der Waals surface area contributed by atoms with Gasteiger partial charge in [-0.2, -0.15) is 0 Å². The van der Waals surface area contributed by atoms with Gasteiger partial charge in [-0.25, -0.2) is 0 Å². The molecule has 0 unspecified atom stereocenters. The van der Waals surface area contributed by atoms with E-state index in [0.29, 0.717) is 11.3 Å². The summed E-state index contributed by atoms with van der Waals surface area (Å²) in [5, 5.41) is 2.83. The fourth-order valence-electron chi connectivity index (χ4n) is 3.66. The molecule has 1 heterocycles. The van der Waals surface area contributed by atoms with E-state index in [9.17, 15) is 14.4 Å². The Labute approximate surface area is 177 Å². The molecule has 0 aromatic heterocycles. The van der Waals surface area contributed by atoms with E-state index in [4.69, 9.17) is 0 Å². The maximum Gasteiger partial charge on any atom is 0.243 e. The monoisotopic (exact) mass is 407 g/mol. The standard InChI is InChI=1S/C24H29N3O3/c1-18-10-12-20(13-11-18)27(17-24(30)26-14-6-3-7-15-26)16-23(29)25-22-9-5-4-8-21(22)19(2)28/h4-5,8-13H,3,6-7,14-17H2,1-2H3,(H,25,29). The van der Waals surface area contributed by atoms with Crippen molar-refractivity contribution in [3.8, 4) is 0 Å². The lowest BCUT2D eigenvalue weighted by Crippen LogP contribution is -2.45. The molecule has 1 aliphatic heterocycles. The number of ketones is 1. The van der Waals surface area contributed by atoms with Gasteiger partial charge in [-0.15, -0.1) is 0 Å². The van der Waals surface area contributed by atoms with Gasteiger partial charge < -0.3 is 15.1 Å². The Morgan fingerprint density at radius 2 is 1.60 bits per heavy atom. The number of nitrogens with zero attached hydrogens (tertiary/aromatic N) is 2. The van der Waals surface area contributed by atoms with Crippen LogP contribution in [0.25, 0.3) is 0 Å². The van der Waals surface area contributed by atoms with Gasteiger partial charge in [-0.1, -0.05) is 29.8 Å². The first-order valence-electron chi connectivity index (χ1n) is 10.4. The maximum atomic E-state index is 12.8. The molecule has 1 N–H and O–H groups in total. The highest BCUT2D eigenvalue weighted by molar-refractivity contribution is 6.04. The third-order valence-electron chi connectivity index (χ3n) is 5.35. The van der Waals surface area contributed by atoms with Crippen molar-refractivity contribution in [2.24, 2.45) is 0 Å². The first-order chi connectivity index (χ1) is 14.4. The first-order valence-corrected chi connectivity index (χ1v) is 10.4. The first kappa shape index (κ1) is 21.6. The molecule has 2 aromatic carbocycles. The highest BCUT2D eigenvalue weighted by Gasteiger charge is 2.22. The highest BCUT2D eigenvalue weighted by Crippen LogP contribution is 2.19. The topological polar surface area (TPSA) is 69.7 Å². The fourth-order valence-corrected chi connectivity index (χ4v) is 3.66. The van der Waals surface area contributed by atoms with Crippen LogP contribution in [0.2, 0.25) is 0 Å². The number of carbonyl (C=O) groups excluding carboxylic acids is 3. The lowest BCUT2D eigenvalue weighted by Gasteiger charge is -2.31. The highest BCUT2D eigenvalue weighted by atomic mass is 16.2. The molecule has 0 bridgehead atoms. The Kier molecular flexibility index (Phi) is 7.22. The van der Waals surface area contributed by atoms with Crippen molar-refractivity contribution in [1.29, 1.82) is 0 Å². The number of nitrogens with one attached hydrogen (secondary N) is 1. The molecule has 6 nitrogen and oxygen atoms in total. The van der Waals surface area contributed by atoms with Crippen molar-refractivity contribution in [2.75, 3.05) is 36.4 Å². The molecular formula is C24H29N3O3. The lowest BCUT2D eigenvalue weighted by molar-refractivity contribution is -0.130. The molecule has 2 amide bonds. The van der Waals surface area contributed by atoms with Crippen molar-refractivity contribution in [3.05, 3.63) is 59.7 Å². The Morgan fingerprint density at radius 3 is 2.27 bits per heavy atom. The summed E-state index contributed by atoms with van der Waals surface area (Å²) in [6, 6.07) is 14.7. The molecule has 1 aliphatic rings.